The van der Waals surface area contributed by atoms with Crippen LogP contribution in [0.2, 0.25) is 0 Å². The van der Waals surface area contributed by atoms with Crippen molar-refractivity contribution < 1.29 is 13.5 Å². The molecule has 0 spiro atoms. The second-order valence-corrected chi connectivity index (χ2v) is 5.90. The number of hydrogen-bond donors (Lipinski definition) is 2. The number of sulfonamides is 1. The number of hydrogen-bond acceptors (Lipinski definition) is 3. The van der Waals surface area contributed by atoms with Gasteiger partial charge in [0.25, 0.3) is 0 Å². The fourth-order valence-corrected chi connectivity index (χ4v) is 2.90. The molecule has 4 nitrogen and oxygen atoms in total. The van der Waals surface area contributed by atoms with Crippen molar-refractivity contribution in [3.05, 3.63) is 60.7 Å². The van der Waals surface area contributed by atoms with Gasteiger partial charge in [-0.2, -0.15) is 0 Å². The van der Waals surface area contributed by atoms with Gasteiger partial charge in [-0.25, -0.2) is 13.6 Å². The summed E-state index contributed by atoms with van der Waals surface area (Å²) in [6.45, 7) is 3.65. The lowest BCUT2D eigenvalue weighted by molar-refractivity contribution is 0.475. The number of phenols is 1. The van der Waals surface area contributed by atoms with Crippen LogP contribution in [0.3, 0.4) is 0 Å². The Hall–Kier alpha value is -2.11. The second-order valence-electron chi connectivity index (χ2n) is 4.37. The predicted octanol–water partition coefficient (Wildman–Crippen LogP) is 2.44. The van der Waals surface area contributed by atoms with Gasteiger partial charge < -0.3 is 5.11 Å². The first-order chi connectivity index (χ1) is 9.43. The van der Waals surface area contributed by atoms with E-state index in [1.165, 1.54) is 6.07 Å². The molecule has 0 saturated heterocycles. The van der Waals surface area contributed by atoms with E-state index >= 15 is 0 Å². The van der Waals surface area contributed by atoms with Gasteiger partial charge in [0.05, 0.1) is 4.90 Å². The van der Waals surface area contributed by atoms with Crippen LogP contribution in [-0.2, 0) is 16.4 Å². The summed E-state index contributed by atoms with van der Waals surface area (Å²) in [6, 6.07) is 11.5. The fourth-order valence-electron chi connectivity index (χ4n) is 2.10. The number of rotatable bonds is 4. The molecule has 0 aliphatic heterocycles. The van der Waals surface area contributed by atoms with E-state index < -0.39 is 10.0 Å². The molecule has 0 radical (unpaired) electrons. The standard InChI is InChI=1S/C15H15NO3S/c1-2-4-14-13(11-7-9-12(17)10-8-11)5-3-6-15(14)20(16,18)19/h2-3,5-10,17H,1,4H2,(H2,16,18,19). The Kier molecular flexibility index (Phi) is 3.92. The Bertz CT molecular complexity index is 734. The van der Waals surface area contributed by atoms with Gasteiger partial charge in [-0.3, -0.25) is 0 Å². The summed E-state index contributed by atoms with van der Waals surface area (Å²) in [6.07, 6.45) is 2.02. The third-order valence-electron chi connectivity index (χ3n) is 2.97. The molecule has 0 atom stereocenters. The molecule has 104 valence electrons. The van der Waals surface area contributed by atoms with Gasteiger partial charge in [-0.1, -0.05) is 30.3 Å². The Balaban J connectivity index is 2.70. The molecule has 0 aromatic heterocycles. The van der Waals surface area contributed by atoms with Gasteiger partial charge in [-0.15, -0.1) is 6.58 Å². The van der Waals surface area contributed by atoms with Gasteiger partial charge >= 0.3 is 0 Å². The average Bonchev–Trinajstić information content (AvgIpc) is 2.39. The van der Waals surface area contributed by atoms with Crippen LogP contribution in [0.1, 0.15) is 5.56 Å². The van der Waals surface area contributed by atoms with Gasteiger partial charge in [0, 0.05) is 0 Å². The highest BCUT2D eigenvalue weighted by Gasteiger charge is 2.16. The highest BCUT2D eigenvalue weighted by molar-refractivity contribution is 7.89. The summed E-state index contributed by atoms with van der Waals surface area (Å²) in [4.78, 5) is 0.1000. The van der Waals surface area contributed by atoms with Gasteiger partial charge in [0.15, 0.2) is 0 Å². The second kappa shape index (κ2) is 5.48. The predicted molar refractivity (Wildman–Crippen MR) is 78.8 cm³/mol. The lowest BCUT2D eigenvalue weighted by Gasteiger charge is -2.12. The molecule has 0 saturated carbocycles. The van der Waals surface area contributed by atoms with Crippen LogP contribution in [0, 0.1) is 0 Å². The third kappa shape index (κ3) is 2.89. The van der Waals surface area contributed by atoms with Crippen molar-refractivity contribution in [1.29, 1.82) is 0 Å². The van der Waals surface area contributed by atoms with E-state index in [2.05, 4.69) is 6.58 Å². The van der Waals surface area contributed by atoms with Gasteiger partial charge in [0.2, 0.25) is 10.0 Å². The van der Waals surface area contributed by atoms with Crippen molar-refractivity contribution in [2.45, 2.75) is 11.3 Å². The van der Waals surface area contributed by atoms with Gasteiger partial charge in [0.1, 0.15) is 5.75 Å². The van der Waals surface area contributed by atoms with Crippen LogP contribution < -0.4 is 5.14 Å². The lowest BCUT2D eigenvalue weighted by Crippen LogP contribution is -2.15. The largest absolute Gasteiger partial charge is 0.508 e. The molecule has 0 aliphatic rings. The topological polar surface area (TPSA) is 80.4 Å². The van der Waals surface area contributed by atoms with Crippen molar-refractivity contribution in [2.75, 3.05) is 0 Å². The van der Waals surface area contributed by atoms with Crippen LogP contribution in [0.4, 0.5) is 0 Å². The van der Waals surface area contributed by atoms with Crippen LogP contribution in [0.5, 0.6) is 5.75 Å². The zero-order chi connectivity index (χ0) is 14.8. The third-order valence-corrected chi connectivity index (χ3v) is 3.96. The molecule has 3 N–H and O–H groups in total. The zero-order valence-electron chi connectivity index (χ0n) is 10.8. The molecule has 2 aromatic carbocycles. The maximum atomic E-state index is 11.7. The number of benzene rings is 2. The molecule has 0 fully saturated rings. The smallest absolute Gasteiger partial charge is 0.238 e. The first kappa shape index (κ1) is 14.3. The lowest BCUT2D eigenvalue weighted by atomic mass is 9.97. The molecule has 0 amide bonds. The summed E-state index contributed by atoms with van der Waals surface area (Å²) in [7, 11) is -3.79. The highest BCUT2D eigenvalue weighted by Crippen LogP contribution is 2.30. The Morgan fingerprint density at radius 3 is 2.35 bits per heavy atom. The SMILES string of the molecule is C=CCc1c(-c2ccc(O)cc2)cccc1S(N)(=O)=O. The van der Waals surface area contributed by atoms with E-state index in [9.17, 15) is 13.5 Å². The maximum Gasteiger partial charge on any atom is 0.238 e. The van der Waals surface area contributed by atoms with Crippen molar-refractivity contribution in [3.8, 4) is 16.9 Å². The van der Waals surface area contributed by atoms with Crippen molar-refractivity contribution in [2.24, 2.45) is 5.14 Å². The van der Waals surface area contributed by atoms with Crippen molar-refractivity contribution >= 4 is 10.0 Å². The van der Waals surface area contributed by atoms with E-state index in [4.69, 9.17) is 5.14 Å². The van der Waals surface area contributed by atoms with Gasteiger partial charge in [-0.05, 0) is 41.3 Å². The minimum Gasteiger partial charge on any atom is -0.508 e. The van der Waals surface area contributed by atoms with E-state index in [-0.39, 0.29) is 10.6 Å². The summed E-state index contributed by atoms with van der Waals surface area (Å²) in [5.74, 6) is 0.154. The molecular weight excluding hydrogens is 274 g/mol. The average molecular weight is 289 g/mol. The fraction of sp³-hybridized carbons (Fsp3) is 0.0667. The summed E-state index contributed by atoms with van der Waals surface area (Å²) in [5, 5.41) is 14.6. The summed E-state index contributed by atoms with van der Waals surface area (Å²) in [5.41, 5.74) is 2.18. The van der Waals surface area contributed by atoms with E-state index in [0.29, 0.717) is 12.0 Å². The van der Waals surface area contributed by atoms with Crippen molar-refractivity contribution in [1.82, 2.24) is 0 Å². The van der Waals surface area contributed by atoms with Crippen molar-refractivity contribution in [3.63, 3.8) is 0 Å². The molecule has 2 rings (SSSR count). The monoisotopic (exact) mass is 289 g/mol. The summed E-state index contributed by atoms with van der Waals surface area (Å²) >= 11 is 0. The molecule has 0 heterocycles. The Labute approximate surface area is 118 Å². The molecule has 20 heavy (non-hydrogen) atoms. The number of phenolic OH excluding ortho intramolecular Hbond substituents is 1. The Morgan fingerprint density at radius 2 is 1.80 bits per heavy atom. The molecular formula is C15H15NO3S. The number of nitrogens with two attached hydrogens (primary N) is 1. The van der Waals surface area contributed by atoms with Crippen LogP contribution in [0.25, 0.3) is 11.1 Å². The maximum absolute atomic E-state index is 11.7. The molecule has 0 unspecified atom stereocenters. The minimum atomic E-state index is -3.79. The molecule has 0 bridgehead atoms. The Morgan fingerprint density at radius 1 is 1.15 bits per heavy atom. The quantitative estimate of drug-likeness (QED) is 0.848. The van der Waals surface area contributed by atoms with E-state index in [0.717, 1.165) is 11.1 Å². The van der Waals surface area contributed by atoms with Crippen LogP contribution in [-0.4, -0.2) is 13.5 Å². The van der Waals surface area contributed by atoms with E-state index in [1.807, 2.05) is 6.07 Å². The summed E-state index contributed by atoms with van der Waals surface area (Å²) < 4.78 is 23.3. The number of primary sulfonamides is 1. The molecule has 2 aromatic rings. The van der Waals surface area contributed by atoms with E-state index in [1.54, 1.807) is 36.4 Å². The highest BCUT2D eigenvalue weighted by atomic mass is 32.2. The van der Waals surface area contributed by atoms with Crippen LogP contribution in [0.15, 0.2) is 60.0 Å². The molecule has 0 aliphatic carbocycles. The first-order valence-electron chi connectivity index (χ1n) is 5.98. The number of aromatic hydroxyl groups is 1. The number of allylic oxidation sites excluding steroid dienone is 1. The normalized spacial score (nSPS) is 11.2. The molecule has 5 heteroatoms. The van der Waals surface area contributed by atoms with Crippen LogP contribution >= 0.6 is 0 Å². The zero-order valence-corrected chi connectivity index (χ0v) is 11.6. The minimum absolute atomic E-state index is 0.1000. The first-order valence-corrected chi connectivity index (χ1v) is 7.53.